The van der Waals surface area contributed by atoms with E-state index in [1.165, 1.54) is 12.1 Å². The van der Waals surface area contributed by atoms with Crippen molar-refractivity contribution in [3.63, 3.8) is 0 Å². The standard InChI is InChI=1S/C25H22F3N3O5/c26-25(27,28)15-7-4-8-16(11-15)29-23(32)30-19-12-34-22-20(13-35-21(19)22)36-24(33)31-18-10-3-6-14-5-1-2-9-17(14)18/h1-11,19-22H,12-13H2,(H,31,33)(H2,29,30,32). The topological polar surface area (TPSA) is 97.9 Å². The molecule has 2 aliphatic heterocycles. The van der Waals surface area contributed by atoms with Crippen LogP contribution in [0.2, 0.25) is 0 Å². The van der Waals surface area contributed by atoms with Gasteiger partial charge in [-0.15, -0.1) is 0 Å². The molecule has 0 bridgehead atoms. The number of hydrogen-bond acceptors (Lipinski definition) is 5. The zero-order valence-electron chi connectivity index (χ0n) is 18.7. The first-order chi connectivity index (χ1) is 17.3. The van der Waals surface area contributed by atoms with Crippen LogP contribution in [0.4, 0.5) is 34.1 Å². The van der Waals surface area contributed by atoms with Gasteiger partial charge in [-0.3, -0.25) is 5.32 Å². The molecule has 36 heavy (non-hydrogen) atoms. The van der Waals surface area contributed by atoms with Crippen LogP contribution in [-0.2, 0) is 20.4 Å². The molecule has 4 unspecified atom stereocenters. The van der Waals surface area contributed by atoms with Gasteiger partial charge in [-0.05, 0) is 29.7 Å². The molecule has 3 aromatic carbocycles. The summed E-state index contributed by atoms with van der Waals surface area (Å²) in [6, 6.07) is 16.2. The van der Waals surface area contributed by atoms with Crippen molar-refractivity contribution in [3.05, 3.63) is 72.3 Å². The molecule has 0 aliphatic carbocycles. The molecule has 4 atom stereocenters. The lowest BCUT2D eigenvalue weighted by molar-refractivity contribution is -0.137. The fraction of sp³-hybridized carbons (Fsp3) is 0.280. The molecule has 188 valence electrons. The molecule has 0 spiro atoms. The Kier molecular flexibility index (Phi) is 6.42. The first kappa shape index (κ1) is 23.9. The summed E-state index contributed by atoms with van der Waals surface area (Å²) in [6.45, 7) is 0.169. The smallest absolute Gasteiger partial charge is 0.416 e. The normalized spacial score (nSPS) is 23.2. The number of carbonyl (C=O) groups excluding carboxylic acids is 2. The van der Waals surface area contributed by atoms with Gasteiger partial charge in [0.25, 0.3) is 0 Å². The second-order valence-corrected chi connectivity index (χ2v) is 8.47. The molecular formula is C25H22F3N3O5. The minimum Gasteiger partial charge on any atom is -0.441 e. The Hall–Kier alpha value is -3.83. The maximum absolute atomic E-state index is 12.9. The summed E-state index contributed by atoms with van der Waals surface area (Å²) in [4.78, 5) is 24.9. The third kappa shape index (κ3) is 5.07. The van der Waals surface area contributed by atoms with E-state index in [0.29, 0.717) is 5.69 Å². The monoisotopic (exact) mass is 501 g/mol. The quantitative estimate of drug-likeness (QED) is 0.479. The fourth-order valence-electron chi connectivity index (χ4n) is 4.41. The average Bonchev–Trinajstić information content (AvgIpc) is 3.42. The van der Waals surface area contributed by atoms with Crippen molar-refractivity contribution in [1.29, 1.82) is 0 Å². The highest BCUT2D eigenvalue weighted by Gasteiger charge is 2.50. The summed E-state index contributed by atoms with van der Waals surface area (Å²) in [5, 5.41) is 9.62. The number of nitrogens with one attached hydrogen (secondary N) is 3. The van der Waals surface area contributed by atoms with Crippen LogP contribution >= 0.6 is 0 Å². The first-order valence-electron chi connectivity index (χ1n) is 11.2. The number of halogens is 3. The predicted octanol–water partition coefficient (Wildman–Crippen LogP) is 4.76. The van der Waals surface area contributed by atoms with E-state index in [4.69, 9.17) is 14.2 Å². The maximum Gasteiger partial charge on any atom is 0.416 e. The van der Waals surface area contributed by atoms with Gasteiger partial charge in [-0.25, -0.2) is 9.59 Å². The van der Waals surface area contributed by atoms with E-state index in [0.717, 1.165) is 22.9 Å². The van der Waals surface area contributed by atoms with Crippen LogP contribution in [-0.4, -0.2) is 49.7 Å². The number of alkyl halides is 3. The molecule has 3 amide bonds. The van der Waals surface area contributed by atoms with Crippen LogP contribution in [0.1, 0.15) is 5.56 Å². The van der Waals surface area contributed by atoms with Gasteiger partial charge in [0, 0.05) is 11.1 Å². The molecule has 5 rings (SSSR count). The molecule has 3 N–H and O–H groups in total. The number of hydrogen-bond donors (Lipinski definition) is 3. The zero-order valence-corrected chi connectivity index (χ0v) is 18.7. The number of urea groups is 1. The molecule has 2 heterocycles. The molecule has 0 aromatic heterocycles. The van der Waals surface area contributed by atoms with E-state index in [1.807, 2.05) is 36.4 Å². The highest BCUT2D eigenvalue weighted by molar-refractivity contribution is 6.00. The van der Waals surface area contributed by atoms with Gasteiger partial charge in [0.05, 0.1) is 30.5 Å². The van der Waals surface area contributed by atoms with Crippen molar-refractivity contribution in [1.82, 2.24) is 5.32 Å². The maximum atomic E-state index is 12.9. The zero-order chi connectivity index (χ0) is 25.3. The molecule has 3 aromatic rings. The summed E-state index contributed by atoms with van der Waals surface area (Å²) in [5.74, 6) is 0. The molecular weight excluding hydrogens is 479 g/mol. The second kappa shape index (κ2) is 9.67. The number of amides is 3. The van der Waals surface area contributed by atoms with Gasteiger partial charge in [0.15, 0.2) is 6.10 Å². The average molecular weight is 501 g/mol. The fourth-order valence-corrected chi connectivity index (χ4v) is 4.41. The summed E-state index contributed by atoms with van der Waals surface area (Å²) < 4.78 is 55.7. The van der Waals surface area contributed by atoms with Gasteiger partial charge in [-0.2, -0.15) is 13.2 Å². The van der Waals surface area contributed by atoms with Crippen molar-refractivity contribution in [2.24, 2.45) is 0 Å². The van der Waals surface area contributed by atoms with Crippen LogP contribution in [0.3, 0.4) is 0 Å². The van der Waals surface area contributed by atoms with E-state index in [2.05, 4.69) is 16.0 Å². The van der Waals surface area contributed by atoms with Crippen LogP contribution in [0, 0.1) is 0 Å². The molecule has 0 radical (unpaired) electrons. The Morgan fingerprint density at radius 3 is 2.47 bits per heavy atom. The molecule has 2 fully saturated rings. The van der Waals surface area contributed by atoms with E-state index in [-0.39, 0.29) is 18.9 Å². The Morgan fingerprint density at radius 2 is 1.64 bits per heavy atom. The minimum atomic E-state index is -4.52. The lowest BCUT2D eigenvalue weighted by Gasteiger charge is -2.18. The number of anilines is 2. The molecule has 0 saturated carbocycles. The van der Waals surface area contributed by atoms with Crippen LogP contribution < -0.4 is 16.0 Å². The molecule has 11 heteroatoms. The number of ether oxygens (including phenoxy) is 3. The van der Waals surface area contributed by atoms with Crippen molar-refractivity contribution >= 4 is 34.3 Å². The molecule has 2 aliphatic rings. The van der Waals surface area contributed by atoms with E-state index in [9.17, 15) is 22.8 Å². The molecule has 8 nitrogen and oxygen atoms in total. The highest BCUT2D eigenvalue weighted by atomic mass is 19.4. The van der Waals surface area contributed by atoms with E-state index >= 15 is 0 Å². The third-order valence-electron chi connectivity index (χ3n) is 6.06. The van der Waals surface area contributed by atoms with Crippen LogP contribution in [0.25, 0.3) is 10.8 Å². The van der Waals surface area contributed by atoms with E-state index in [1.54, 1.807) is 6.07 Å². The Morgan fingerprint density at radius 1 is 0.889 bits per heavy atom. The SMILES string of the molecule is O=C(Nc1cccc(C(F)(F)F)c1)NC1COC2C(OC(=O)Nc3cccc4ccccc34)COC12. The lowest BCUT2D eigenvalue weighted by Crippen LogP contribution is -2.46. The van der Waals surface area contributed by atoms with Crippen molar-refractivity contribution in [2.75, 3.05) is 23.8 Å². The number of fused-ring (bicyclic) bond motifs is 2. The van der Waals surface area contributed by atoms with Gasteiger partial charge >= 0.3 is 18.3 Å². The van der Waals surface area contributed by atoms with Gasteiger partial charge in [0.1, 0.15) is 12.2 Å². The minimum absolute atomic E-state index is 0.00329. The number of rotatable bonds is 4. The number of benzene rings is 3. The van der Waals surface area contributed by atoms with Crippen molar-refractivity contribution < 1.29 is 37.0 Å². The predicted molar refractivity (Wildman–Crippen MR) is 125 cm³/mol. The summed E-state index contributed by atoms with van der Waals surface area (Å²) in [7, 11) is 0. The second-order valence-electron chi connectivity index (χ2n) is 8.47. The third-order valence-corrected chi connectivity index (χ3v) is 6.06. The summed E-state index contributed by atoms with van der Waals surface area (Å²) in [6.07, 6.45) is -7.05. The highest BCUT2D eigenvalue weighted by Crippen LogP contribution is 2.32. The van der Waals surface area contributed by atoms with E-state index < -0.39 is 48.2 Å². The van der Waals surface area contributed by atoms with Gasteiger partial charge < -0.3 is 24.8 Å². The first-order valence-corrected chi connectivity index (χ1v) is 11.2. The van der Waals surface area contributed by atoms with Crippen molar-refractivity contribution in [2.45, 2.75) is 30.5 Å². The summed E-state index contributed by atoms with van der Waals surface area (Å²) >= 11 is 0. The Labute approximate surface area is 203 Å². The Bertz CT molecular complexity index is 1280. The molecule has 2 saturated heterocycles. The Balaban J connectivity index is 1.16. The largest absolute Gasteiger partial charge is 0.441 e. The van der Waals surface area contributed by atoms with Crippen LogP contribution in [0.5, 0.6) is 0 Å². The van der Waals surface area contributed by atoms with Crippen molar-refractivity contribution in [3.8, 4) is 0 Å². The number of carbonyl (C=O) groups is 2. The summed E-state index contributed by atoms with van der Waals surface area (Å²) in [5.41, 5.74) is -0.270. The van der Waals surface area contributed by atoms with Crippen LogP contribution in [0.15, 0.2) is 66.7 Å². The lowest BCUT2D eigenvalue weighted by atomic mass is 10.1. The van der Waals surface area contributed by atoms with Gasteiger partial charge in [-0.1, -0.05) is 42.5 Å². The van der Waals surface area contributed by atoms with Gasteiger partial charge in [0.2, 0.25) is 0 Å².